The van der Waals surface area contributed by atoms with Gasteiger partial charge in [-0.3, -0.25) is 0 Å². The molecule has 0 spiro atoms. The van der Waals surface area contributed by atoms with Gasteiger partial charge in [-0.1, -0.05) is 19.3 Å². The molecule has 2 fully saturated rings. The fourth-order valence-corrected chi connectivity index (χ4v) is 3.54. The molecule has 0 unspecified atom stereocenters. The van der Waals surface area contributed by atoms with E-state index in [0.29, 0.717) is 0 Å². The van der Waals surface area contributed by atoms with Crippen molar-refractivity contribution in [1.82, 2.24) is 10.6 Å². The second-order valence-corrected chi connectivity index (χ2v) is 6.17. The molecule has 2 aliphatic carbocycles. The lowest BCUT2D eigenvalue weighted by Crippen LogP contribution is -2.35. The lowest BCUT2D eigenvalue weighted by atomic mass is 9.85. The van der Waals surface area contributed by atoms with Crippen molar-refractivity contribution in [3.63, 3.8) is 0 Å². The fourth-order valence-electron chi connectivity index (χ4n) is 3.54. The van der Waals surface area contributed by atoms with Crippen molar-refractivity contribution in [1.29, 1.82) is 0 Å². The Morgan fingerprint density at radius 3 is 1.94 bits per heavy atom. The molecule has 0 aliphatic heterocycles. The van der Waals surface area contributed by atoms with Crippen LogP contribution in [0.25, 0.3) is 0 Å². The smallest absolute Gasteiger partial charge is 0.00642 e. The highest BCUT2D eigenvalue weighted by Crippen LogP contribution is 2.25. The van der Waals surface area contributed by atoms with Crippen molar-refractivity contribution in [3.05, 3.63) is 0 Å². The zero-order valence-electron chi connectivity index (χ0n) is 11.5. The molecule has 2 rings (SSSR count). The van der Waals surface area contributed by atoms with E-state index in [1.807, 2.05) is 0 Å². The van der Waals surface area contributed by atoms with E-state index in [1.54, 1.807) is 0 Å². The summed E-state index contributed by atoms with van der Waals surface area (Å²) in [6.07, 6.45) is 13.0. The average Bonchev–Trinajstić information content (AvgIpc) is 2.41. The third-order valence-corrected chi connectivity index (χ3v) is 4.85. The van der Waals surface area contributed by atoms with E-state index in [2.05, 4.69) is 17.7 Å². The van der Waals surface area contributed by atoms with Gasteiger partial charge in [0.15, 0.2) is 0 Å². The normalized spacial score (nSPS) is 31.6. The van der Waals surface area contributed by atoms with Gasteiger partial charge < -0.3 is 10.6 Å². The summed E-state index contributed by atoms with van der Waals surface area (Å²) in [6.45, 7) is 2.55. The summed E-state index contributed by atoms with van der Waals surface area (Å²) in [5, 5.41) is 7.15. The Balaban J connectivity index is 1.53. The summed E-state index contributed by atoms with van der Waals surface area (Å²) in [5.74, 6) is 1.93. The first kappa shape index (κ1) is 13.4. The largest absolute Gasteiger partial charge is 0.317 e. The van der Waals surface area contributed by atoms with Crippen molar-refractivity contribution in [3.8, 4) is 0 Å². The third kappa shape index (κ3) is 4.59. The first-order valence-corrected chi connectivity index (χ1v) is 7.76. The highest BCUT2D eigenvalue weighted by Gasteiger charge is 2.20. The van der Waals surface area contributed by atoms with Gasteiger partial charge >= 0.3 is 0 Å². The van der Waals surface area contributed by atoms with Gasteiger partial charge in [-0.2, -0.15) is 0 Å². The molecule has 0 aromatic rings. The fraction of sp³-hybridized carbons (Fsp3) is 1.00. The van der Waals surface area contributed by atoms with Crippen LogP contribution in [0.4, 0.5) is 0 Å². The zero-order valence-corrected chi connectivity index (χ0v) is 11.5. The Labute approximate surface area is 107 Å². The van der Waals surface area contributed by atoms with E-state index in [-0.39, 0.29) is 0 Å². The van der Waals surface area contributed by atoms with E-state index in [9.17, 15) is 0 Å². The second kappa shape index (κ2) is 7.38. The van der Waals surface area contributed by atoms with Crippen LogP contribution in [0.15, 0.2) is 0 Å². The maximum Gasteiger partial charge on any atom is 0.00642 e. The predicted molar refractivity (Wildman–Crippen MR) is 74.3 cm³/mol. The van der Waals surface area contributed by atoms with Gasteiger partial charge in [0.2, 0.25) is 0 Å². The number of rotatable bonds is 5. The number of hydrogen-bond donors (Lipinski definition) is 2. The van der Waals surface area contributed by atoms with Crippen LogP contribution in [-0.4, -0.2) is 26.2 Å². The van der Waals surface area contributed by atoms with Crippen LogP contribution in [0.1, 0.15) is 57.8 Å². The van der Waals surface area contributed by atoms with E-state index >= 15 is 0 Å². The van der Waals surface area contributed by atoms with Crippen LogP contribution >= 0.6 is 0 Å². The van der Waals surface area contributed by atoms with Gasteiger partial charge in [0, 0.05) is 6.04 Å². The summed E-state index contributed by atoms with van der Waals surface area (Å²) in [5.41, 5.74) is 0. The molecule has 2 aliphatic rings. The Morgan fingerprint density at radius 2 is 1.35 bits per heavy atom. The van der Waals surface area contributed by atoms with Gasteiger partial charge in [-0.25, -0.2) is 0 Å². The Kier molecular flexibility index (Phi) is 5.79. The van der Waals surface area contributed by atoms with Crippen LogP contribution in [-0.2, 0) is 0 Å². The molecule has 2 saturated carbocycles. The molecule has 0 heterocycles. The summed E-state index contributed by atoms with van der Waals surface area (Å²) in [4.78, 5) is 0. The predicted octanol–water partition coefficient (Wildman–Crippen LogP) is 2.93. The summed E-state index contributed by atoms with van der Waals surface area (Å²) in [6, 6.07) is 0.796. The molecule has 2 heteroatoms. The minimum atomic E-state index is 0.796. The number of nitrogens with one attached hydrogen (secondary N) is 2. The van der Waals surface area contributed by atoms with Gasteiger partial charge in [0.05, 0.1) is 0 Å². The highest BCUT2D eigenvalue weighted by molar-refractivity contribution is 4.77. The quantitative estimate of drug-likeness (QED) is 0.769. The summed E-state index contributed by atoms with van der Waals surface area (Å²) in [7, 11) is 2.10. The average molecular weight is 238 g/mol. The van der Waals surface area contributed by atoms with Crippen molar-refractivity contribution in [2.24, 2.45) is 11.8 Å². The van der Waals surface area contributed by atoms with Crippen molar-refractivity contribution < 1.29 is 0 Å². The maximum atomic E-state index is 3.74. The first-order chi connectivity index (χ1) is 8.38. The molecule has 2 N–H and O–H groups in total. The van der Waals surface area contributed by atoms with E-state index in [0.717, 1.165) is 17.9 Å². The van der Waals surface area contributed by atoms with Crippen LogP contribution < -0.4 is 10.6 Å². The van der Waals surface area contributed by atoms with Gasteiger partial charge in [-0.05, 0) is 70.5 Å². The Morgan fingerprint density at radius 1 is 0.765 bits per heavy atom. The maximum absolute atomic E-state index is 3.74. The lowest BCUT2D eigenvalue weighted by molar-refractivity contribution is 0.278. The molecular weight excluding hydrogens is 208 g/mol. The van der Waals surface area contributed by atoms with Crippen molar-refractivity contribution >= 4 is 0 Å². The third-order valence-electron chi connectivity index (χ3n) is 4.85. The molecule has 100 valence electrons. The first-order valence-electron chi connectivity index (χ1n) is 7.76. The molecule has 0 bridgehead atoms. The SMILES string of the molecule is CNC1CCC(CNCC2CCCCC2)CC1. The van der Waals surface area contributed by atoms with Crippen molar-refractivity contribution in [2.75, 3.05) is 20.1 Å². The molecule has 0 atom stereocenters. The molecule has 0 aromatic heterocycles. The van der Waals surface area contributed by atoms with Crippen LogP contribution in [0.5, 0.6) is 0 Å². The molecular formula is C15H30N2. The minimum Gasteiger partial charge on any atom is -0.317 e. The molecule has 0 aromatic carbocycles. The van der Waals surface area contributed by atoms with Crippen LogP contribution in [0.2, 0.25) is 0 Å². The van der Waals surface area contributed by atoms with Gasteiger partial charge in [0.25, 0.3) is 0 Å². The van der Waals surface area contributed by atoms with E-state index in [4.69, 9.17) is 0 Å². The summed E-state index contributed by atoms with van der Waals surface area (Å²) < 4.78 is 0. The number of hydrogen-bond acceptors (Lipinski definition) is 2. The van der Waals surface area contributed by atoms with Crippen LogP contribution in [0.3, 0.4) is 0 Å². The Bertz CT molecular complexity index is 191. The van der Waals surface area contributed by atoms with Crippen LogP contribution in [0, 0.1) is 11.8 Å². The molecule has 2 nitrogen and oxygen atoms in total. The standard InChI is InChI=1S/C15H30N2/c1-16-15-9-7-14(8-10-15)12-17-11-13-5-3-2-4-6-13/h13-17H,2-12H2,1H3. The zero-order chi connectivity index (χ0) is 11.9. The molecule has 0 amide bonds. The minimum absolute atomic E-state index is 0.796. The molecule has 17 heavy (non-hydrogen) atoms. The van der Waals surface area contributed by atoms with Crippen molar-refractivity contribution in [2.45, 2.75) is 63.8 Å². The summed E-state index contributed by atoms with van der Waals surface area (Å²) >= 11 is 0. The van der Waals surface area contributed by atoms with Gasteiger partial charge in [0.1, 0.15) is 0 Å². The van der Waals surface area contributed by atoms with E-state index in [1.165, 1.54) is 70.9 Å². The molecule has 0 saturated heterocycles. The second-order valence-electron chi connectivity index (χ2n) is 6.17. The molecule has 0 radical (unpaired) electrons. The van der Waals surface area contributed by atoms with Gasteiger partial charge in [-0.15, -0.1) is 0 Å². The highest BCUT2D eigenvalue weighted by atomic mass is 14.9. The monoisotopic (exact) mass is 238 g/mol. The lowest BCUT2D eigenvalue weighted by Gasteiger charge is -2.29. The Hall–Kier alpha value is -0.0800. The van der Waals surface area contributed by atoms with E-state index < -0.39 is 0 Å². The topological polar surface area (TPSA) is 24.1 Å².